The Hall–Kier alpha value is -0.930. The second-order valence-corrected chi connectivity index (χ2v) is 5.17. The molecule has 0 saturated carbocycles. The number of hydrogen-bond donors (Lipinski definition) is 1. The van der Waals surface area contributed by atoms with Crippen molar-refractivity contribution in [1.82, 2.24) is 5.32 Å². The van der Waals surface area contributed by atoms with Crippen LogP contribution in [0.4, 0.5) is 4.39 Å². The van der Waals surface area contributed by atoms with Crippen molar-refractivity contribution in [2.75, 3.05) is 13.2 Å². The summed E-state index contributed by atoms with van der Waals surface area (Å²) in [5, 5.41) is 3.42. The number of benzene rings is 1. The van der Waals surface area contributed by atoms with Gasteiger partial charge in [-0.2, -0.15) is 0 Å². The maximum Gasteiger partial charge on any atom is 0.127 e. The fraction of sp³-hybridized carbons (Fsp3) is 0.571. The average molecular weight is 237 g/mol. The van der Waals surface area contributed by atoms with Crippen molar-refractivity contribution >= 4 is 0 Å². The summed E-state index contributed by atoms with van der Waals surface area (Å²) in [5.41, 5.74) is 1.80. The molecule has 0 aliphatic carbocycles. The van der Waals surface area contributed by atoms with Crippen LogP contribution >= 0.6 is 0 Å². The van der Waals surface area contributed by atoms with Gasteiger partial charge in [-0.15, -0.1) is 0 Å². The quantitative estimate of drug-likeness (QED) is 0.872. The molecule has 1 N–H and O–H groups in total. The van der Waals surface area contributed by atoms with Gasteiger partial charge < -0.3 is 10.1 Å². The second-order valence-electron chi connectivity index (χ2n) is 5.17. The second kappa shape index (κ2) is 5.15. The van der Waals surface area contributed by atoms with E-state index in [1.54, 1.807) is 6.07 Å². The fourth-order valence-electron chi connectivity index (χ4n) is 2.22. The predicted molar refractivity (Wildman–Crippen MR) is 66.4 cm³/mol. The van der Waals surface area contributed by atoms with Crippen LogP contribution in [-0.2, 0) is 11.3 Å². The van der Waals surface area contributed by atoms with Gasteiger partial charge in [0.1, 0.15) is 5.82 Å². The highest BCUT2D eigenvalue weighted by Gasteiger charge is 2.26. The standard InChI is InChI=1S/C14H20FNO/c1-11-4-5-13(15)12(8-11)9-16-14(2)6-3-7-17-10-14/h4-5,8,16H,3,6-7,9-10H2,1-2H3. The van der Waals surface area contributed by atoms with E-state index >= 15 is 0 Å². The Morgan fingerprint density at radius 3 is 3.00 bits per heavy atom. The van der Waals surface area contributed by atoms with E-state index in [0.29, 0.717) is 13.2 Å². The lowest BCUT2D eigenvalue weighted by molar-refractivity contribution is 0.0276. The van der Waals surface area contributed by atoms with Crippen LogP contribution in [-0.4, -0.2) is 18.8 Å². The number of ether oxygens (including phenoxy) is 1. The normalized spacial score (nSPS) is 24.9. The molecule has 1 aliphatic heterocycles. The van der Waals surface area contributed by atoms with E-state index in [2.05, 4.69) is 12.2 Å². The summed E-state index contributed by atoms with van der Waals surface area (Å²) < 4.78 is 19.0. The first-order chi connectivity index (χ1) is 8.09. The molecule has 1 atom stereocenters. The van der Waals surface area contributed by atoms with Gasteiger partial charge in [0.2, 0.25) is 0 Å². The Labute approximate surface area is 102 Å². The highest BCUT2D eigenvalue weighted by molar-refractivity contribution is 5.24. The molecule has 1 aliphatic rings. The molecule has 0 spiro atoms. The van der Waals surface area contributed by atoms with Gasteiger partial charge in [0.15, 0.2) is 0 Å². The molecule has 0 bridgehead atoms. The van der Waals surface area contributed by atoms with Crippen LogP contribution in [0.5, 0.6) is 0 Å². The Morgan fingerprint density at radius 1 is 1.47 bits per heavy atom. The largest absolute Gasteiger partial charge is 0.380 e. The minimum atomic E-state index is -0.136. The number of hydrogen-bond acceptors (Lipinski definition) is 2. The first-order valence-corrected chi connectivity index (χ1v) is 6.17. The zero-order valence-corrected chi connectivity index (χ0v) is 10.6. The molecule has 2 rings (SSSR count). The molecule has 3 heteroatoms. The van der Waals surface area contributed by atoms with Crippen molar-refractivity contribution in [1.29, 1.82) is 0 Å². The van der Waals surface area contributed by atoms with Gasteiger partial charge in [0.05, 0.1) is 6.61 Å². The molecule has 1 heterocycles. The van der Waals surface area contributed by atoms with Crippen LogP contribution in [0.2, 0.25) is 0 Å². The molecule has 17 heavy (non-hydrogen) atoms. The number of nitrogens with one attached hydrogen (secondary N) is 1. The van der Waals surface area contributed by atoms with Crippen LogP contribution < -0.4 is 5.32 Å². The lowest BCUT2D eigenvalue weighted by Gasteiger charge is -2.34. The lowest BCUT2D eigenvalue weighted by atomic mass is 9.94. The SMILES string of the molecule is Cc1ccc(F)c(CNC2(C)CCCOC2)c1. The van der Waals surface area contributed by atoms with Crippen molar-refractivity contribution < 1.29 is 9.13 Å². The van der Waals surface area contributed by atoms with Gasteiger partial charge in [-0.1, -0.05) is 17.7 Å². The first kappa shape index (κ1) is 12.5. The molecule has 0 amide bonds. The van der Waals surface area contributed by atoms with Gasteiger partial charge in [-0.05, 0) is 32.8 Å². The van der Waals surface area contributed by atoms with Crippen molar-refractivity contribution in [2.45, 2.75) is 38.8 Å². The van der Waals surface area contributed by atoms with Crippen molar-refractivity contribution in [3.8, 4) is 0 Å². The summed E-state index contributed by atoms with van der Waals surface area (Å²) >= 11 is 0. The highest BCUT2D eigenvalue weighted by atomic mass is 19.1. The van der Waals surface area contributed by atoms with Gasteiger partial charge >= 0.3 is 0 Å². The molecular formula is C14H20FNO. The fourth-order valence-corrected chi connectivity index (χ4v) is 2.22. The van der Waals surface area contributed by atoms with E-state index < -0.39 is 0 Å². The van der Waals surface area contributed by atoms with Gasteiger partial charge in [0, 0.05) is 24.3 Å². The van der Waals surface area contributed by atoms with Crippen LogP contribution in [0.25, 0.3) is 0 Å². The number of aryl methyl sites for hydroxylation is 1. The maximum absolute atomic E-state index is 13.6. The molecule has 1 saturated heterocycles. The zero-order chi connectivity index (χ0) is 12.3. The van der Waals surface area contributed by atoms with Gasteiger partial charge in [0.25, 0.3) is 0 Å². The first-order valence-electron chi connectivity index (χ1n) is 6.17. The van der Waals surface area contributed by atoms with Crippen LogP contribution in [0.15, 0.2) is 18.2 Å². The summed E-state index contributed by atoms with van der Waals surface area (Å²) in [6, 6.07) is 5.23. The lowest BCUT2D eigenvalue weighted by Crippen LogP contribution is -2.48. The molecular weight excluding hydrogens is 217 g/mol. The van der Waals surface area contributed by atoms with E-state index in [0.717, 1.165) is 30.6 Å². The topological polar surface area (TPSA) is 21.3 Å². The van der Waals surface area contributed by atoms with E-state index in [4.69, 9.17) is 4.74 Å². The number of halogens is 1. The molecule has 1 aromatic rings. The smallest absolute Gasteiger partial charge is 0.127 e. The van der Waals surface area contributed by atoms with Crippen LogP contribution in [0.3, 0.4) is 0 Å². The Balaban J connectivity index is 1.99. The van der Waals surface area contributed by atoms with Gasteiger partial charge in [-0.3, -0.25) is 0 Å². The van der Waals surface area contributed by atoms with Crippen molar-refractivity contribution in [2.24, 2.45) is 0 Å². The minimum absolute atomic E-state index is 0.0194. The molecule has 0 aromatic heterocycles. The molecule has 1 fully saturated rings. The highest BCUT2D eigenvalue weighted by Crippen LogP contribution is 2.19. The van der Waals surface area contributed by atoms with Crippen LogP contribution in [0.1, 0.15) is 30.9 Å². The van der Waals surface area contributed by atoms with Crippen molar-refractivity contribution in [3.63, 3.8) is 0 Å². The van der Waals surface area contributed by atoms with E-state index in [-0.39, 0.29) is 11.4 Å². The number of rotatable bonds is 3. The van der Waals surface area contributed by atoms with E-state index in [1.165, 1.54) is 6.07 Å². The van der Waals surface area contributed by atoms with E-state index in [1.807, 2.05) is 13.0 Å². The van der Waals surface area contributed by atoms with Crippen LogP contribution in [0, 0.1) is 12.7 Å². The molecule has 1 unspecified atom stereocenters. The Bertz CT molecular complexity index is 386. The molecule has 94 valence electrons. The summed E-state index contributed by atoms with van der Waals surface area (Å²) in [5.74, 6) is -0.136. The third kappa shape index (κ3) is 3.27. The molecule has 1 aromatic carbocycles. The minimum Gasteiger partial charge on any atom is -0.380 e. The van der Waals surface area contributed by atoms with Crippen molar-refractivity contribution in [3.05, 3.63) is 35.1 Å². The third-order valence-electron chi connectivity index (χ3n) is 3.34. The Kier molecular flexibility index (Phi) is 3.79. The summed E-state index contributed by atoms with van der Waals surface area (Å²) in [4.78, 5) is 0. The summed E-state index contributed by atoms with van der Waals surface area (Å²) in [7, 11) is 0. The van der Waals surface area contributed by atoms with E-state index in [9.17, 15) is 4.39 Å². The summed E-state index contributed by atoms with van der Waals surface area (Å²) in [6.45, 7) is 6.23. The maximum atomic E-state index is 13.6. The monoisotopic (exact) mass is 237 g/mol. The zero-order valence-electron chi connectivity index (χ0n) is 10.6. The molecule has 2 nitrogen and oxygen atoms in total. The Morgan fingerprint density at radius 2 is 2.29 bits per heavy atom. The van der Waals surface area contributed by atoms with Gasteiger partial charge in [-0.25, -0.2) is 4.39 Å². The third-order valence-corrected chi connectivity index (χ3v) is 3.34. The summed E-state index contributed by atoms with van der Waals surface area (Å²) in [6.07, 6.45) is 2.15. The average Bonchev–Trinajstić information content (AvgIpc) is 2.31. The predicted octanol–water partition coefficient (Wildman–Crippen LogP) is 2.79. The molecule has 0 radical (unpaired) electrons.